The number of nitrogens with one attached hydrogen (secondary N) is 1. The van der Waals surface area contributed by atoms with Crippen LogP contribution in [0.3, 0.4) is 0 Å². The van der Waals surface area contributed by atoms with Crippen molar-refractivity contribution in [2.24, 2.45) is 5.73 Å². The molecule has 4 N–H and O–H groups in total. The van der Waals surface area contributed by atoms with Gasteiger partial charge in [-0.25, -0.2) is 4.79 Å². The number of nitrogens with zero attached hydrogens (tertiary/aromatic N) is 1. The first kappa shape index (κ1) is 15.3. The molecule has 1 saturated carbocycles. The molecule has 1 aliphatic carbocycles. The highest BCUT2D eigenvalue weighted by Gasteiger charge is 2.41. The fourth-order valence-corrected chi connectivity index (χ4v) is 2.19. The second kappa shape index (κ2) is 5.90. The van der Waals surface area contributed by atoms with E-state index in [9.17, 15) is 14.4 Å². The maximum atomic E-state index is 12.1. The Hall–Kier alpha value is -1.79. The Morgan fingerprint density at radius 3 is 2.26 bits per heavy atom. The number of nitrogens with two attached hydrogens (primary N) is 1. The quantitative estimate of drug-likeness (QED) is 0.644. The monoisotopic (exact) mass is 271 g/mol. The Labute approximate surface area is 112 Å². The van der Waals surface area contributed by atoms with Gasteiger partial charge in [-0.1, -0.05) is 0 Å². The number of carbonyl (C=O) groups is 3. The summed E-state index contributed by atoms with van der Waals surface area (Å²) in [5, 5.41) is 11.6. The largest absolute Gasteiger partial charge is 0.481 e. The summed E-state index contributed by atoms with van der Waals surface area (Å²) in [6.45, 7) is 3.37. The first-order valence-corrected chi connectivity index (χ1v) is 6.35. The summed E-state index contributed by atoms with van der Waals surface area (Å²) in [6, 6.07) is -0.621. The van der Waals surface area contributed by atoms with Crippen LogP contribution in [0, 0.1) is 0 Å². The lowest BCUT2D eigenvalue weighted by atomic mass is 9.74. The number of carboxylic acids is 1. The van der Waals surface area contributed by atoms with E-state index in [1.54, 1.807) is 13.8 Å². The van der Waals surface area contributed by atoms with Crippen LogP contribution in [-0.4, -0.2) is 46.0 Å². The van der Waals surface area contributed by atoms with Gasteiger partial charge in [-0.2, -0.15) is 0 Å². The van der Waals surface area contributed by atoms with Gasteiger partial charge < -0.3 is 21.1 Å². The Morgan fingerprint density at radius 2 is 1.95 bits per heavy atom. The molecule has 0 aromatic heterocycles. The number of hydrogen-bond donors (Lipinski definition) is 3. The molecular formula is C12H21N3O4. The van der Waals surface area contributed by atoms with Gasteiger partial charge >= 0.3 is 12.0 Å². The second-order valence-electron chi connectivity index (χ2n) is 5.32. The molecule has 0 spiro atoms. The summed E-state index contributed by atoms with van der Waals surface area (Å²) in [4.78, 5) is 35.2. The first-order chi connectivity index (χ1) is 8.76. The lowest BCUT2D eigenvalue weighted by Crippen LogP contribution is -2.59. The molecule has 0 bridgehead atoms. The van der Waals surface area contributed by atoms with E-state index in [2.05, 4.69) is 5.32 Å². The number of aliphatic carboxylic acids is 1. The van der Waals surface area contributed by atoms with Crippen LogP contribution in [0.2, 0.25) is 0 Å². The van der Waals surface area contributed by atoms with E-state index >= 15 is 0 Å². The smallest absolute Gasteiger partial charge is 0.318 e. The highest BCUT2D eigenvalue weighted by molar-refractivity contribution is 5.84. The summed E-state index contributed by atoms with van der Waals surface area (Å²) in [7, 11) is 0. The average molecular weight is 271 g/mol. The second-order valence-corrected chi connectivity index (χ2v) is 5.32. The third-order valence-electron chi connectivity index (χ3n) is 3.38. The van der Waals surface area contributed by atoms with E-state index < -0.39 is 23.4 Å². The predicted molar refractivity (Wildman–Crippen MR) is 68.4 cm³/mol. The molecule has 1 rings (SSSR count). The van der Waals surface area contributed by atoms with Crippen LogP contribution in [0.25, 0.3) is 0 Å². The van der Waals surface area contributed by atoms with Crippen molar-refractivity contribution in [3.8, 4) is 0 Å². The zero-order valence-corrected chi connectivity index (χ0v) is 11.3. The van der Waals surface area contributed by atoms with Crippen molar-refractivity contribution in [2.45, 2.75) is 51.1 Å². The van der Waals surface area contributed by atoms with Crippen LogP contribution >= 0.6 is 0 Å². The minimum absolute atomic E-state index is 0.0960. The molecule has 0 aromatic carbocycles. The van der Waals surface area contributed by atoms with Crippen molar-refractivity contribution in [1.82, 2.24) is 10.2 Å². The van der Waals surface area contributed by atoms with Gasteiger partial charge in [0.1, 0.15) is 6.54 Å². The van der Waals surface area contributed by atoms with Crippen molar-refractivity contribution in [2.75, 3.05) is 6.54 Å². The van der Waals surface area contributed by atoms with Gasteiger partial charge in [0.15, 0.2) is 0 Å². The van der Waals surface area contributed by atoms with Crippen molar-refractivity contribution in [1.29, 1.82) is 0 Å². The molecule has 0 aliphatic heterocycles. The standard InChI is InChI=1S/C12H21N3O4/c1-8(2)15(7-9(13)16)11(19)14-12(4-3-5-12)6-10(17)18/h8H,3-7H2,1-2H3,(H2,13,16)(H,14,19)(H,17,18). The van der Waals surface area contributed by atoms with Crippen molar-refractivity contribution >= 4 is 17.9 Å². The van der Waals surface area contributed by atoms with E-state index in [-0.39, 0.29) is 19.0 Å². The molecule has 0 atom stereocenters. The van der Waals surface area contributed by atoms with Gasteiger partial charge in [0.2, 0.25) is 5.91 Å². The number of rotatable bonds is 6. The van der Waals surface area contributed by atoms with E-state index in [0.717, 1.165) is 6.42 Å². The molecule has 108 valence electrons. The van der Waals surface area contributed by atoms with E-state index in [4.69, 9.17) is 10.8 Å². The number of hydrogen-bond acceptors (Lipinski definition) is 3. The van der Waals surface area contributed by atoms with Gasteiger partial charge in [0.25, 0.3) is 0 Å². The summed E-state index contributed by atoms with van der Waals surface area (Å²) in [5.74, 6) is -1.53. The normalized spacial score (nSPS) is 16.6. The third-order valence-corrected chi connectivity index (χ3v) is 3.38. The van der Waals surface area contributed by atoms with Crippen LogP contribution < -0.4 is 11.1 Å². The van der Waals surface area contributed by atoms with Gasteiger partial charge in [-0.15, -0.1) is 0 Å². The molecule has 3 amide bonds. The highest BCUT2D eigenvalue weighted by atomic mass is 16.4. The predicted octanol–water partition coefficient (Wildman–Crippen LogP) is 0.289. The maximum absolute atomic E-state index is 12.1. The van der Waals surface area contributed by atoms with E-state index in [0.29, 0.717) is 12.8 Å². The highest BCUT2D eigenvalue weighted by Crippen LogP contribution is 2.35. The van der Waals surface area contributed by atoms with Crippen molar-refractivity contribution in [3.63, 3.8) is 0 Å². The first-order valence-electron chi connectivity index (χ1n) is 6.35. The molecule has 0 heterocycles. The fourth-order valence-electron chi connectivity index (χ4n) is 2.19. The molecule has 7 heteroatoms. The molecular weight excluding hydrogens is 250 g/mol. The Bertz CT molecular complexity index is 377. The van der Waals surface area contributed by atoms with Crippen LogP contribution in [0.1, 0.15) is 39.5 Å². The Morgan fingerprint density at radius 1 is 1.37 bits per heavy atom. The Kier molecular flexibility index (Phi) is 4.74. The van der Waals surface area contributed by atoms with Crippen molar-refractivity contribution < 1.29 is 19.5 Å². The van der Waals surface area contributed by atoms with Gasteiger partial charge in [-0.3, -0.25) is 9.59 Å². The SMILES string of the molecule is CC(C)N(CC(N)=O)C(=O)NC1(CC(=O)O)CCC1. The number of carbonyl (C=O) groups excluding carboxylic acids is 2. The number of amides is 3. The summed E-state index contributed by atoms with van der Waals surface area (Å²) in [6.07, 6.45) is 2.09. The van der Waals surface area contributed by atoms with Crippen molar-refractivity contribution in [3.05, 3.63) is 0 Å². The van der Waals surface area contributed by atoms with Crippen LogP contribution in [0.15, 0.2) is 0 Å². The number of carboxylic acid groups (broad SMARTS) is 1. The minimum atomic E-state index is -0.939. The van der Waals surface area contributed by atoms with Gasteiger partial charge in [-0.05, 0) is 33.1 Å². The topological polar surface area (TPSA) is 113 Å². The van der Waals surface area contributed by atoms with E-state index in [1.807, 2.05) is 0 Å². The molecule has 7 nitrogen and oxygen atoms in total. The Balaban J connectivity index is 2.69. The lowest BCUT2D eigenvalue weighted by Gasteiger charge is -2.43. The molecule has 1 fully saturated rings. The van der Waals surface area contributed by atoms with Gasteiger partial charge in [0, 0.05) is 6.04 Å². The molecule has 0 radical (unpaired) electrons. The van der Waals surface area contributed by atoms with Crippen LogP contribution in [0.4, 0.5) is 4.79 Å². The molecule has 0 unspecified atom stereocenters. The lowest BCUT2D eigenvalue weighted by molar-refractivity contribution is -0.139. The maximum Gasteiger partial charge on any atom is 0.318 e. The zero-order chi connectivity index (χ0) is 14.6. The van der Waals surface area contributed by atoms with Gasteiger partial charge in [0.05, 0.1) is 12.0 Å². The fraction of sp³-hybridized carbons (Fsp3) is 0.750. The van der Waals surface area contributed by atoms with E-state index in [1.165, 1.54) is 4.90 Å². The molecule has 0 aromatic rings. The van der Waals surface area contributed by atoms with Crippen LogP contribution in [0.5, 0.6) is 0 Å². The average Bonchev–Trinajstić information content (AvgIpc) is 2.21. The molecule has 0 saturated heterocycles. The third kappa shape index (κ3) is 4.11. The summed E-state index contributed by atoms with van der Waals surface area (Å²) >= 11 is 0. The minimum Gasteiger partial charge on any atom is -0.481 e. The molecule has 1 aliphatic rings. The number of urea groups is 1. The summed E-state index contributed by atoms with van der Waals surface area (Å²) in [5.41, 5.74) is 4.43. The zero-order valence-electron chi connectivity index (χ0n) is 11.3. The summed E-state index contributed by atoms with van der Waals surface area (Å²) < 4.78 is 0. The molecule has 19 heavy (non-hydrogen) atoms. The number of primary amides is 1. The van der Waals surface area contributed by atoms with Crippen LogP contribution in [-0.2, 0) is 9.59 Å².